The van der Waals surface area contributed by atoms with Gasteiger partial charge >= 0.3 is 0 Å². The average Bonchev–Trinajstić information content (AvgIpc) is 2.73. The van der Waals surface area contributed by atoms with E-state index in [1.807, 2.05) is 18.0 Å². The van der Waals surface area contributed by atoms with E-state index in [0.29, 0.717) is 6.04 Å². The SMILES string of the molecule is CCNC(CSCC)c1c(Br)cnn1CCN(C)C. The number of rotatable bonds is 9. The molecule has 0 bridgehead atoms. The first-order valence-corrected chi connectivity index (χ1v) is 8.71. The maximum absolute atomic E-state index is 4.49. The highest BCUT2D eigenvalue weighted by molar-refractivity contribution is 9.10. The minimum absolute atomic E-state index is 0.356. The van der Waals surface area contributed by atoms with E-state index < -0.39 is 0 Å². The Morgan fingerprint density at radius 3 is 2.79 bits per heavy atom. The number of nitrogens with zero attached hydrogens (tertiary/aromatic N) is 3. The van der Waals surface area contributed by atoms with E-state index in [4.69, 9.17) is 0 Å². The topological polar surface area (TPSA) is 33.1 Å². The fourth-order valence-electron chi connectivity index (χ4n) is 1.91. The molecule has 4 nitrogen and oxygen atoms in total. The van der Waals surface area contributed by atoms with Crippen LogP contribution in [0.5, 0.6) is 0 Å². The van der Waals surface area contributed by atoms with E-state index in [-0.39, 0.29) is 0 Å². The highest BCUT2D eigenvalue weighted by Crippen LogP contribution is 2.26. The third kappa shape index (κ3) is 5.45. The zero-order valence-corrected chi connectivity index (χ0v) is 14.7. The van der Waals surface area contributed by atoms with E-state index in [2.05, 4.69) is 63.9 Å². The molecule has 0 fully saturated rings. The summed E-state index contributed by atoms with van der Waals surface area (Å²) in [6.07, 6.45) is 1.91. The fourth-order valence-corrected chi connectivity index (χ4v) is 3.23. The molecular formula is C13H25BrN4S. The van der Waals surface area contributed by atoms with Crippen LogP contribution in [0.4, 0.5) is 0 Å². The van der Waals surface area contributed by atoms with Crippen LogP contribution >= 0.6 is 27.7 Å². The molecular weight excluding hydrogens is 324 g/mol. The Balaban J connectivity index is 2.83. The van der Waals surface area contributed by atoms with Gasteiger partial charge in [-0.05, 0) is 42.3 Å². The molecule has 6 heteroatoms. The maximum Gasteiger partial charge on any atom is 0.0704 e. The van der Waals surface area contributed by atoms with Gasteiger partial charge in [-0.2, -0.15) is 16.9 Å². The number of halogens is 1. The molecule has 0 saturated carbocycles. The average molecular weight is 349 g/mol. The summed E-state index contributed by atoms with van der Waals surface area (Å²) in [5.41, 5.74) is 1.27. The Morgan fingerprint density at radius 2 is 2.21 bits per heavy atom. The largest absolute Gasteiger partial charge is 0.308 e. The molecule has 0 aliphatic rings. The fraction of sp³-hybridized carbons (Fsp3) is 0.769. The number of nitrogens with one attached hydrogen (secondary N) is 1. The quantitative estimate of drug-likeness (QED) is 0.743. The van der Waals surface area contributed by atoms with Crippen molar-refractivity contribution < 1.29 is 0 Å². The lowest BCUT2D eigenvalue weighted by atomic mass is 10.2. The molecule has 1 aromatic heterocycles. The van der Waals surface area contributed by atoms with Crippen molar-refractivity contribution in [1.82, 2.24) is 20.0 Å². The van der Waals surface area contributed by atoms with Gasteiger partial charge in [-0.1, -0.05) is 13.8 Å². The van der Waals surface area contributed by atoms with Crippen LogP contribution in [0, 0.1) is 0 Å². The van der Waals surface area contributed by atoms with Crippen molar-refractivity contribution in [1.29, 1.82) is 0 Å². The highest BCUT2D eigenvalue weighted by Gasteiger charge is 2.19. The molecule has 1 N–H and O–H groups in total. The smallest absolute Gasteiger partial charge is 0.0704 e. The second-order valence-electron chi connectivity index (χ2n) is 4.67. The number of aromatic nitrogens is 2. The van der Waals surface area contributed by atoms with E-state index in [9.17, 15) is 0 Å². The van der Waals surface area contributed by atoms with Gasteiger partial charge in [0.1, 0.15) is 0 Å². The summed E-state index contributed by atoms with van der Waals surface area (Å²) in [5.74, 6) is 2.22. The van der Waals surface area contributed by atoms with Gasteiger partial charge in [0.15, 0.2) is 0 Å². The Hall–Kier alpha value is -0.0400. The molecule has 1 aromatic rings. The first kappa shape index (κ1) is 17.0. The normalized spacial score (nSPS) is 13.2. The number of hydrogen-bond donors (Lipinski definition) is 1. The molecule has 1 unspecified atom stereocenters. The van der Waals surface area contributed by atoms with Crippen LogP contribution in [0.25, 0.3) is 0 Å². The van der Waals surface area contributed by atoms with Gasteiger partial charge in [-0.25, -0.2) is 0 Å². The molecule has 1 rings (SSSR count). The number of likely N-dealkylation sites (N-methyl/N-ethyl adjacent to an activating group) is 1. The summed E-state index contributed by atoms with van der Waals surface area (Å²) in [5, 5.41) is 8.06. The van der Waals surface area contributed by atoms with Gasteiger partial charge in [0.05, 0.1) is 29.0 Å². The molecule has 0 spiro atoms. The highest BCUT2D eigenvalue weighted by atomic mass is 79.9. The van der Waals surface area contributed by atoms with Gasteiger partial charge < -0.3 is 10.2 Å². The predicted molar refractivity (Wildman–Crippen MR) is 87.9 cm³/mol. The van der Waals surface area contributed by atoms with Gasteiger partial charge in [0, 0.05) is 12.3 Å². The summed E-state index contributed by atoms with van der Waals surface area (Å²) in [4.78, 5) is 2.18. The van der Waals surface area contributed by atoms with Gasteiger partial charge in [-0.3, -0.25) is 4.68 Å². The third-order valence-corrected chi connectivity index (χ3v) is 4.45. The van der Waals surface area contributed by atoms with Crippen LogP contribution in [0.15, 0.2) is 10.7 Å². The van der Waals surface area contributed by atoms with Crippen molar-refractivity contribution in [3.05, 3.63) is 16.4 Å². The molecule has 110 valence electrons. The lowest BCUT2D eigenvalue weighted by Gasteiger charge is -2.20. The predicted octanol–water partition coefficient (Wildman–Crippen LogP) is 2.61. The molecule has 0 aromatic carbocycles. The molecule has 0 radical (unpaired) electrons. The summed E-state index contributed by atoms with van der Waals surface area (Å²) in [7, 11) is 4.18. The molecule has 0 aliphatic carbocycles. The Bertz CT molecular complexity index is 368. The summed E-state index contributed by atoms with van der Waals surface area (Å²) < 4.78 is 3.22. The molecule has 0 amide bonds. The van der Waals surface area contributed by atoms with Crippen molar-refractivity contribution >= 4 is 27.7 Å². The molecule has 19 heavy (non-hydrogen) atoms. The Kier molecular flexibility index (Phi) is 8.06. The lowest BCUT2D eigenvalue weighted by molar-refractivity contribution is 0.364. The van der Waals surface area contributed by atoms with Crippen LogP contribution in [-0.2, 0) is 6.54 Å². The Labute approximate surface area is 129 Å². The minimum Gasteiger partial charge on any atom is -0.308 e. The molecule has 0 aliphatic heterocycles. The van der Waals surface area contributed by atoms with Crippen LogP contribution in [-0.4, -0.2) is 53.4 Å². The van der Waals surface area contributed by atoms with Crippen LogP contribution in [0.1, 0.15) is 25.6 Å². The summed E-state index contributed by atoms with van der Waals surface area (Å²) >= 11 is 5.60. The van der Waals surface area contributed by atoms with Crippen LogP contribution in [0.3, 0.4) is 0 Å². The minimum atomic E-state index is 0.356. The zero-order chi connectivity index (χ0) is 14.3. The standard InChI is InChI=1S/C13H25BrN4S/c1-5-15-12(10-19-6-2)13-11(14)9-16-18(13)8-7-17(3)4/h9,12,15H,5-8,10H2,1-4H3. The van der Waals surface area contributed by atoms with Crippen LogP contribution < -0.4 is 5.32 Å². The van der Waals surface area contributed by atoms with E-state index >= 15 is 0 Å². The van der Waals surface area contributed by atoms with Gasteiger partial charge in [0.2, 0.25) is 0 Å². The van der Waals surface area contributed by atoms with Gasteiger partial charge in [0.25, 0.3) is 0 Å². The molecule has 1 heterocycles. The van der Waals surface area contributed by atoms with E-state index in [0.717, 1.165) is 35.6 Å². The monoisotopic (exact) mass is 348 g/mol. The summed E-state index contributed by atoms with van der Waals surface area (Å²) in [6.45, 7) is 7.25. The first-order valence-electron chi connectivity index (χ1n) is 6.77. The molecule has 1 atom stereocenters. The second-order valence-corrected chi connectivity index (χ2v) is 6.85. The third-order valence-electron chi connectivity index (χ3n) is 2.86. The van der Waals surface area contributed by atoms with Crippen molar-refractivity contribution in [2.45, 2.75) is 26.4 Å². The van der Waals surface area contributed by atoms with Crippen molar-refractivity contribution in [3.8, 4) is 0 Å². The zero-order valence-electron chi connectivity index (χ0n) is 12.3. The van der Waals surface area contributed by atoms with E-state index in [1.165, 1.54) is 5.69 Å². The number of thioether (sulfide) groups is 1. The Morgan fingerprint density at radius 1 is 1.47 bits per heavy atom. The lowest BCUT2D eigenvalue weighted by Crippen LogP contribution is -2.28. The summed E-state index contributed by atoms with van der Waals surface area (Å²) in [6, 6.07) is 0.356. The molecule has 0 saturated heterocycles. The maximum atomic E-state index is 4.49. The van der Waals surface area contributed by atoms with Crippen molar-refractivity contribution in [2.75, 3.05) is 38.7 Å². The van der Waals surface area contributed by atoms with E-state index in [1.54, 1.807) is 0 Å². The number of hydrogen-bond acceptors (Lipinski definition) is 4. The van der Waals surface area contributed by atoms with Gasteiger partial charge in [-0.15, -0.1) is 0 Å². The van der Waals surface area contributed by atoms with Crippen molar-refractivity contribution in [3.63, 3.8) is 0 Å². The van der Waals surface area contributed by atoms with Crippen LogP contribution in [0.2, 0.25) is 0 Å². The van der Waals surface area contributed by atoms with Crippen molar-refractivity contribution in [2.24, 2.45) is 0 Å². The first-order chi connectivity index (χ1) is 9.10. The second kappa shape index (κ2) is 9.00.